The number of nitrogens with one attached hydrogen (secondary N) is 2. The third kappa shape index (κ3) is 2.81. The molecule has 0 bridgehead atoms. The zero-order chi connectivity index (χ0) is 19.3. The number of fused-ring (bicyclic) bond motifs is 2. The Balaban J connectivity index is 1.59. The molecule has 2 aromatic carbocycles. The highest BCUT2D eigenvalue weighted by Gasteiger charge is 2.21. The summed E-state index contributed by atoms with van der Waals surface area (Å²) in [5.74, 6) is 1.83. The number of para-hydroxylation sites is 1. The van der Waals surface area contributed by atoms with Crippen molar-refractivity contribution >= 4 is 44.5 Å². The standard InChI is InChI=1S/C20H19N5O2S/c21-18-13-3-1-2-4-14(13)24-20(26)17(18)19-22-15-6-5-12(11-16(15)23-19)25-7-9-28(27)10-8-25/h1-6,11H,7-10H2,(H,22,23)(H3,21,24,26). The Labute approximate surface area is 163 Å². The number of nitrogen functional groups attached to an aromatic ring is 1. The lowest BCUT2D eigenvalue weighted by molar-refractivity contribution is 0.586. The molecule has 4 N–H and O–H groups in total. The van der Waals surface area contributed by atoms with E-state index in [-0.39, 0.29) is 5.56 Å². The van der Waals surface area contributed by atoms with Gasteiger partial charge in [-0.25, -0.2) is 4.98 Å². The largest absolute Gasteiger partial charge is 0.616 e. The van der Waals surface area contributed by atoms with Gasteiger partial charge in [0.1, 0.15) is 22.9 Å². The molecule has 28 heavy (non-hydrogen) atoms. The molecule has 3 heterocycles. The number of hydrogen-bond acceptors (Lipinski definition) is 5. The normalized spacial score (nSPS) is 15.5. The molecular formula is C20H19N5O2S. The summed E-state index contributed by atoms with van der Waals surface area (Å²) in [6.07, 6.45) is 0. The van der Waals surface area contributed by atoms with Gasteiger partial charge in [0.15, 0.2) is 0 Å². The van der Waals surface area contributed by atoms with Crippen molar-refractivity contribution in [2.75, 3.05) is 35.2 Å². The number of aromatic amines is 2. The number of anilines is 2. The maximum Gasteiger partial charge on any atom is 0.261 e. The van der Waals surface area contributed by atoms with Crippen LogP contribution in [0.5, 0.6) is 0 Å². The third-order valence-corrected chi connectivity index (χ3v) is 6.48. The van der Waals surface area contributed by atoms with Crippen LogP contribution in [0.3, 0.4) is 0 Å². The second-order valence-corrected chi connectivity index (χ2v) is 8.61. The van der Waals surface area contributed by atoms with Gasteiger partial charge in [-0.3, -0.25) is 4.79 Å². The van der Waals surface area contributed by atoms with Crippen molar-refractivity contribution in [2.45, 2.75) is 0 Å². The SMILES string of the molecule is Nc1c(-c2nc3cc(N4CC[S+]([O-])CC4)ccc3[nH]2)c(=O)[nH]c2ccccc12. The van der Waals surface area contributed by atoms with Gasteiger partial charge >= 0.3 is 0 Å². The van der Waals surface area contributed by atoms with E-state index in [1.165, 1.54) is 0 Å². The Bertz CT molecular complexity index is 1240. The van der Waals surface area contributed by atoms with E-state index in [2.05, 4.69) is 19.9 Å². The summed E-state index contributed by atoms with van der Waals surface area (Å²) >= 11 is -0.715. The van der Waals surface area contributed by atoms with Crippen LogP contribution in [0.1, 0.15) is 0 Å². The number of nitrogens with zero attached hydrogens (tertiary/aromatic N) is 2. The van der Waals surface area contributed by atoms with Crippen LogP contribution in [0.25, 0.3) is 33.3 Å². The van der Waals surface area contributed by atoms with E-state index >= 15 is 0 Å². The number of nitrogens with two attached hydrogens (primary N) is 1. The zero-order valence-corrected chi connectivity index (χ0v) is 15.9. The van der Waals surface area contributed by atoms with Gasteiger partial charge in [-0.05, 0) is 24.3 Å². The molecule has 0 saturated carbocycles. The van der Waals surface area contributed by atoms with Gasteiger partial charge in [0.2, 0.25) is 0 Å². The van der Waals surface area contributed by atoms with E-state index in [0.717, 1.165) is 35.2 Å². The maximum absolute atomic E-state index is 12.6. The summed E-state index contributed by atoms with van der Waals surface area (Å²) in [5.41, 5.74) is 10.2. The molecular weight excluding hydrogens is 374 g/mol. The van der Waals surface area contributed by atoms with Crippen LogP contribution < -0.4 is 16.2 Å². The molecule has 7 nitrogen and oxygen atoms in total. The predicted octanol–water partition coefficient (Wildman–Crippen LogP) is 2.22. The van der Waals surface area contributed by atoms with Crippen molar-refractivity contribution in [3.8, 4) is 11.4 Å². The number of pyridine rings is 1. The van der Waals surface area contributed by atoms with Crippen molar-refractivity contribution in [1.82, 2.24) is 15.0 Å². The van der Waals surface area contributed by atoms with Gasteiger partial charge in [-0.1, -0.05) is 29.4 Å². The molecule has 1 aliphatic rings. The Hall–Kier alpha value is -2.97. The number of aromatic nitrogens is 3. The molecule has 0 amide bonds. The van der Waals surface area contributed by atoms with Crippen molar-refractivity contribution in [2.24, 2.45) is 0 Å². The molecule has 0 unspecified atom stereocenters. The van der Waals surface area contributed by atoms with Gasteiger partial charge in [0, 0.05) is 11.1 Å². The summed E-state index contributed by atoms with van der Waals surface area (Å²) < 4.78 is 11.6. The fraction of sp³-hybridized carbons (Fsp3) is 0.200. The topological polar surface area (TPSA) is 114 Å². The van der Waals surface area contributed by atoms with Crippen LogP contribution in [0.4, 0.5) is 11.4 Å². The molecule has 2 aromatic heterocycles. The van der Waals surface area contributed by atoms with Crippen LogP contribution in [0.15, 0.2) is 47.3 Å². The lowest BCUT2D eigenvalue weighted by atomic mass is 10.1. The number of hydrogen-bond donors (Lipinski definition) is 3. The quantitative estimate of drug-likeness (QED) is 0.452. The minimum Gasteiger partial charge on any atom is -0.616 e. The summed E-state index contributed by atoms with van der Waals surface area (Å²) in [4.78, 5) is 25.6. The van der Waals surface area contributed by atoms with Gasteiger partial charge in [0.05, 0.1) is 35.3 Å². The lowest BCUT2D eigenvalue weighted by Gasteiger charge is -2.29. The monoisotopic (exact) mass is 393 g/mol. The molecule has 8 heteroatoms. The van der Waals surface area contributed by atoms with Gasteiger partial charge in [-0.15, -0.1) is 0 Å². The first kappa shape index (κ1) is 17.2. The summed E-state index contributed by atoms with van der Waals surface area (Å²) in [6.45, 7) is 1.54. The van der Waals surface area contributed by atoms with E-state index in [1.807, 2.05) is 42.5 Å². The molecule has 1 aliphatic heterocycles. The fourth-order valence-electron chi connectivity index (χ4n) is 3.71. The minimum atomic E-state index is -0.715. The molecule has 0 spiro atoms. The van der Waals surface area contributed by atoms with E-state index in [4.69, 9.17) is 5.73 Å². The molecule has 5 rings (SSSR count). The Morgan fingerprint density at radius 2 is 1.86 bits per heavy atom. The van der Waals surface area contributed by atoms with Crippen LogP contribution >= 0.6 is 0 Å². The number of H-pyrrole nitrogens is 2. The number of imidazole rings is 1. The second kappa shape index (κ2) is 6.57. The Kier molecular flexibility index (Phi) is 4.03. The van der Waals surface area contributed by atoms with Gasteiger partial charge in [-0.2, -0.15) is 0 Å². The van der Waals surface area contributed by atoms with Crippen LogP contribution in [0.2, 0.25) is 0 Å². The van der Waals surface area contributed by atoms with E-state index in [1.54, 1.807) is 0 Å². The van der Waals surface area contributed by atoms with E-state index in [0.29, 0.717) is 34.1 Å². The Morgan fingerprint density at radius 1 is 1.07 bits per heavy atom. The molecule has 4 aromatic rings. The zero-order valence-electron chi connectivity index (χ0n) is 15.1. The fourth-order valence-corrected chi connectivity index (χ4v) is 4.76. The molecule has 0 atom stereocenters. The van der Waals surface area contributed by atoms with Crippen molar-refractivity contribution in [3.63, 3.8) is 0 Å². The highest BCUT2D eigenvalue weighted by Crippen LogP contribution is 2.29. The summed E-state index contributed by atoms with van der Waals surface area (Å²) in [7, 11) is 0. The highest BCUT2D eigenvalue weighted by molar-refractivity contribution is 7.91. The molecule has 0 radical (unpaired) electrons. The molecule has 142 valence electrons. The average Bonchev–Trinajstić information content (AvgIpc) is 3.11. The summed E-state index contributed by atoms with van der Waals surface area (Å²) in [5, 5.41) is 0.791. The van der Waals surface area contributed by atoms with Crippen molar-refractivity contribution in [3.05, 3.63) is 52.8 Å². The van der Waals surface area contributed by atoms with Crippen molar-refractivity contribution in [1.29, 1.82) is 0 Å². The van der Waals surface area contributed by atoms with Crippen LogP contribution in [0, 0.1) is 0 Å². The van der Waals surface area contributed by atoms with Crippen LogP contribution in [-0.4, -0.2) is 44.1 Å². The van der Waals surface area contributed by atoms with Crippen LogP contribution in [-0.2, 0) is 11.2 Å². The third-order valence-electron chi connectivity index (χ3n) is 5.21. The molecule has 1 fully saturated rings. The number of benzene rings is 2. The van der Waals surface area contributed by atoms with Gasteiger partial charge in [0.25, 0.3) is 5.56 Å². The number of rotatable bonds is 2. The first-order valence-electron chi connectivity index (χ1n) is 9.11. The molecule has 1 saturated heterocycles. The summed E-state index contributed by atoms with van der Waals surface area (Å²) in [6, 6.07) is 13.4. The predicted molar refractivity (Wildman–Crippen MR) is 114 cm³/mol. The van der Waals surface area contributed by atoms with E-state index in [9.17, 15) is 9.35 Å². The first-order chi connectivity index (χ1) is 13.6. The Morgan fingerprint density at radius 3 is 2.68 bits per heavy atom. The minimum absolute atomic E-state index is 0.269. The maximum atomic E-state index is 12.6. The smallest absolute Gasteiger partial charge is 0.261 e. The highest BCUT2D eigenvalue weighted by atomic mass is 32.2. The van der Waals surface area contributed by atoms with E-state index < -0.39 is 11.2 Å². The average molecular weight is 393 g/mol. The lowest BCUT2D eigenvalue weighted by Crippen LogP contribution is -2.40. The van der Waals surface area contributed by atoms with Crippen molar-refractivity contribution < 1.29 is 4.55 Å². The first-order valence-corrected chi connectivity index (χ1v) is 10.6. The molecule has 0 aliphatic carbocycles. The second-order valence-electron chi connectivity index (χ2n) is 6.91. The van der Waals surface area contributed by atoms with Gasteiger partial charge < -0.3 is 25.2 Å².